The Bertz CT molecular complexity index is 1250. The summed E-state index contributed by atoms with van der Waals surface area (Å²) < 4.78 is 34.3. The summed E-state index contributed by atoms with van der Waals surface area (Å²) in [4.78, 5) is 24.8. The highest BCUT2D eigenvalue weighted by Crippen LogP contribution is 2.31. The van der Waals surface area contributed by atoms with Crippen molar-refractivity contribution in [2.45, 2.75) is 69.5 Å². The maximum atomic E-state index is 14.0. The lowest BCUT2D eigenvalue weighted by Gasteiger charge is -2.40. The number of amides is 2. The Balaban J connectivity index is 1.70. The maximum Gasteiger partial charge on any atom is 0.245 e. The number of carbonyl (C=O) groups excluding carboxylic acids is 2. The van der Waals surface area contributed by atoms with Crippen LogP contribution in [-0.4, -0.2) is 74.7 Å². The lowest BCUT2D eigenvalue weighted by atomic mass is 9.98. The molecule has 2 unspecified atom stereocenters. The zero-order valence-corrected chi connectivity index (χ0v) is 26.0. The summed E-state index contributed by atoms with van der Waals surface area (Å²) in [7, 11) is -2.61. The van der Waals surface area contributed by atoms with E-state index in [0.717, 1.165) is 18.4 Å². The topological polar surface area (TPSA) is 137 Å². The lowest BCUT2D eigenvalue weighted by molar-refractivity contribution is -0.124. The third-order valence-corrected chi connectivity index (χ3v) is 9.07. The van der Waals surface area contributed by atoms with Gasteiger partial charge in [-0.2, -0.15) is 4.31 Å². The minimum Gasteiger partial charge on any atom is -0.497 e. The maximum absolute atomic E-state index is 14.0. The molecule has 2 atom stereocenters. The second-order valence-corrected chi connectivity index (χ2v) is 13.5. The Labute approximate surface area is 250 Å². The molecule has 0 saturated heterocycles. The number of benzene rings is 2. The fourth-order valence-corrected chi connectivity index (χ4v) is 6.49. The summed E-state index contributed by atoms with van der Waals surface area (Å²) in [6.07, 6.45) is 2.42. The van der Waals surface area contributed by atoms with E-state index in [1.165, 1.54) is 23.5 Å². The van der Waals surface area contributed by atoms with Gasteiger partial charge in [0.25, 0.3) is 0 Å². The summed E-state index contributed by atoms with van der Waals surface area (Å²) in [6.45, 7) is 6.46. The second kappa shape index (κ2) is 15.5. The van der Waals surface area contributed by atoms with E-state index >= 15 is 0 Å². The van der Waals surface area contributed by atoms with Crippen molar-refractivity contribution in [3.8, 4) is 5.75 Å². The molecular weight excluding hydrogens is 556 g/mol. The molecule has 1 aliphatic rings. The number of nitrogens with zero attached hydrogens (tertiary/aromatic N) is 1. The van der Waals surface area contributed by atoms with Crippen LogP contribution in [0.15, 0.2) is 59.5 Å². The molecular formula is C31H46N4O6S. The molecule has 0 aromatic heterocycles. The zero-order valence-electron chi connectivity index (χ0n) is 25.1. The summed E-state index contributed by atoms with van der Waals surface area (Å²) in [5.74, 6) is 0.0264. The van der Waals surface area contributed by atoms with Gasteiger partial charge in [0.1, 0.15) is 11.5 Å². The van der Waals surface area contributed by atoms with Gasteiger partial charge in [0.15, 0.2) is 0 Å². The van der Waals surface area contributed by atoms with Gasteiger partial charge in [-0.15, -0.1) is 0 Å². The number of ether oxygens (including phenoxy) is 1. The first-order chi connectivity index (χ1) is 19.9. The van der Waals surface area contributed by atoms with Crippen molar-refractivity contribution in [2.75, 3.05) is 33.3 Å². The van der Waals surface area contributed by atoms with Gasteiger partial charge < -0.3 is 25.8 Å². The van der Waals surface area contributed by atoms with Crippen LogP contribution in [-0.2, 0) is 26.0 Å². The van der Waals surface area contributed by atoms with Crippen molar-refractivity contribution >= 4 is 21.8 Å². The smallest absolute Gasteiger partial charge is 0.245 e. The molecule has 3 rings (SSSR count). The zero-order chi connectivity index (χ0) is 30.8. The molecule has 0 heterocycles. The Morgan fingerprint density at radius 3 is 2.29 bits per heavy atom. The van der Waals surface area contributed by atoms with Crippen LogP contribution in [0.3, 0.4) is 0 Å². The molecule has 4 N–H and O–H groups in total. The molecule has 0 bridgehead atoms. The third-order valence-electron chi connectivity index (χ3n) is 7.13. The minimum atomic E-state index is -4.12. The van der Waals surface area contributed by atoms with Gasteiger partial charge in [0.05, 0.1) is 18.6 Å². The van der Waals surface area contributed by atoms with Crippen LogP contribution in [0.1, 0.15) is 52.0 Å². The first kappa shape index (κ1) is 33.5. The molecule has 2 amide bonds. The number of nitrogens with one attached hydrogen (secondary N) is 3. The van der Waals surface area contributed by atoms with Crippen LogP contribution in [0.25, 0.3) is 0 Å². The number of aliphatic hydroxyl groups is 1. The van der Waals surface area contributed by atoms with E-state index in [4.69, 9.17) is 4.74 Å². The Kier molecular flexibility index (Phi) is 12.3. The molecule has 1 fully saturated rings. The minimum absolute atomic E-state index is 0.0201. The van der Waals surface area contributed by atoms with Crippen molar-refractivity contribution in [2.24, 2.45) is 11.8 Å². The molecule has 10 nitrogen and oxygen atoms in total. The first-order valence-electron chi connectivity index (χ1n) is 14.6. The Hall–Kier alpha value is -2.99. The summed E-state index contributed by atoms with van der Waals surface area (Å²) >= 11 is 0. The summed E-state index contributed by atoms with van der Waals surface area (Å²) in [6, 6.07) is 15.7. The average Bonchev–Trinajstić information content (AvgIpc) is 3.79. The molecule has 2 aromatic carbocycles. The van der Waals surface area contributed by atoms with E-state index in [2.05, 4.69) is 16.0 Å². The van der Waals surface area contributed by atoms with E-state index < -0.39 is 15.7 Å². The average molecular weight is 603 g/mol. The number of hydrogen-bond acceptors (Lipinski definition) is 7. The molecule has 0 spiro atoms. The summed E-state index contributed by atoms with van der Waals surface area (Å²) in [5.41, 5.74) is -1.04. The highest BCUT2D eigenvalue weighted by Gasteiger charge is 2.43. The Morgan fingerprint density at radius 2 is 1.69 bits per heavy atom. The van der Waals surface area contributed by atoms with E-state index in [-0.39, 0.29) is 67.4 Å². The summed E-state index contributed by atoms with van der Waals surface area (Å²) in [5, 5.41) is 21.0. The molecule has 0 radical (unpaired) electrons. The van der Waals surface area contributed by atoms with Crippen molar-refractivity contribution in [1.29, 1.82) is 0 Å². The first-order valence-corrected chi connectivity index (χ1v) is 16.1. The third kappa shape index (κ3) is 10.4. The monoisotopic (exact) mass is 602 g/mol. The van der Waals surface area contributed by atoms with Crippen LogP contribution < -0.4 is 20.7 Å². The molecule has 42 heavy (non-hydrogen) atoms. The van der Waals surface area contributed by atoms with Crippen LogP contribution in [0.2, 0.25) is 0 Å². The van der Waals surface area contributed by atoms with Crippen molar-refractivity contribution in [1.82, 2.24) is 20.3 Å². The van der Waals surface area contributed by atoms with Crippen LogP contribution in [0.5, 0.6) is 5.75 Å². The van der Waals surface area contributed by atoms with Gasteiger partial charge in [0, 0.05) is 44.9 Å². The molecule has 232 valence electrons. The highest BCUT2D eigenvalue weighted by molar-refractivity contribution is 7.89. The number of sulfonamides is 1. The van der Waals surface area contributed by atoms with E-state index in [1.807, 2.05) is 51.1 Å². The van der Waals surface area contributed by atoms with Gasteiger partial charge >= 0.3 is 0 Å². The van der Waals surface area contributed by atoms with Gasteiger partial charge in [-0.3, -0.25) is 9.59 Å². The molecule has 2 aromatic rings. The molecule has 1 saturated carbocycles. The van der Waals surface area contributed by atoms with Crippen molar-refractivity contribution < 1.29 is 27.9 Å². The highest BCUT2D eigenvalue weighted by atomic mass is 32.2. The molecule has 0 aliphatic heterocycles. The predicted molar refractivity (Wildman–Crippen MR) is 162 cm³/mol. The van der Waals surface area contributed by atoms with Crippen molar-refractivity contribution in [3.05, 3.63) is 60.2 Å². The standard InChI is InChI=1S/C31H46N4O6S/c1-23(2)22-35(42(39,40)28-14-12-27(41-4)13-15-28)31(38,19-25-8-6-5-7-9-25)16-17-32-29(36)18-24(3)20-34-30(37)21-33-26-10-11-26/h5-9,12-15,23-24,26,33,38H,10-11,16-22H2,1-4H3,(H,32,36)(H,34,37). The predicted octanol–water partition coefficient (Wildman–Crippen LogP) is 2.67. The van der Waals surface area contributed by atoms with Crippen molar-refractivity contribution in [3.63, 3.8) is 0 Å². The number of hydrogen-bond donors (Lipinski definition) is 4. The number of methoxy groups -OCH3 is 1. The van der Waals surface area contributed by atoms with Crippen LogP contribution >= 0.6 is 0 Å². The molecule has 1 aliphatic carbocycles. The number of rotatable bonds is 18. The molecule has 11 heteroatoms. The quantitative estimate of drug-likeness (QED) is 0.193. The van der Waals surface area contributed by atoms with E-state index in [0.29, 0.717) is 18.3 Å². The normalized spacial score (nSPS) is 15.7. The van der Waals surface area contributed by atoms with E-state index in [1.54, 1.807) is 12.1 Å². The SMILES string of the molecule is COc1ccc(S(=O)(=O)N(CC(C)C)C(O)(CCNC(=O)CC(C)CNC(=O)CNC2CC2)Cc2ccccc2)cc1. The van der Waals surface area contributed by atoms with Gasteiger partial charge in [-0.25, -0.2) is 8.42 Å². The van der Waals surface area contributed by atoms with Gasteiger partial charge in [-0.1, -0.05) is 51.1 Å². The fourth-order valence-electron chi connectivity index (χ4n) is 4.66. The largest absolute Gasteiger partial charge is 0.497 e. The number of carbonyl (C=O) groups is 2. The van der Waals surface area contributed by atoms with Gasteiger partial charge in [0.2, 0.25) is 21.8 Å². The van der Waals surface area contributed by atoms with Crippen LogP contribution in [0.4, 0.5) is 0 Å². The van der Waals surface area contributed by atoms with E-state index in [9.17, 15) is 23.1 Å². The fraction of sp³-hybridized carbons (Fsp3) is 0.548. The second-order valence-electron chi connectivity index (χ2n) is 11.6. The Morgan fingerprint density at radius 1 is 1.02 bits per heavy atom. The lowest BCUT2D eigenvalue weighted by Crippen LogP contribution is -2.55. The van der Waals surface area contributed by atoms with Crippen LogP contribution in [0, 0.1) is 11.8 Å². The van der Waals surface area contributed by atoms with Gasteiger partial charge in [-0.05, 0) is 54.5 Å².